The molecule has 0 saturated carbocycles. The van der Waals surface area contributed by atoms with Crippen LogP contribution in [0.25, 0.3) is 0 Å². The smallest absolute Gasteiger partial charge is 0.266 e. The normalized spacial score (nSPS) is 18.9. The van der Waals surface area contributed by atoms with Crippen LogP contribution < -0.4 is 21.5 Å². The number of carbonyl (C=O) groups is 5. The van der Waals surface area contributed by atoms with Gasteiger partial charge in [-0.15, -0.1) is 0 Å². The monoisotopic (exact) mass is 436 g/mol. The molecule has 10 heteroatoms. The maximum absolute atomic E-state index is 13.2. The molecule has 0 bridgehead atoms. The minimum Gasteiger partial charge on any atom is -0.475 e. The van der Waals surface area contributed by atoms with Crippen LogP contribution in [0.5, 0.6) is 5.75 Å². The van der Waals surface area contributed by atoms with Gasteiger partial charge in [0, 0.05) is 18.5 Å². The average Bonchev–Trinajstić information content (AvgIpc) is 3.03. The Labute approximate surface area is 182 Å². The topological polar surface area (TPSA) is 162 Å². The van der Waals surface area contributed by atoms with Gasteiger partial charge in [0.25, 0.3) is 17.7 Å². The maximum Gasteiger partial charge on any atom is 0.266 e. The van der Waals surface area contributed by atoms with Crippen LogP contribution in [0.3, 0.4) is 0 Å². The second kappa shape index (κ2) is 8.23. The van der Waals surface area contributed by atoms with Crippen molar-refractivity contribution < 1.29 is 28.7 Å². The second-order valence-electron chi connectivity index (χ2n) is 7.48. The minimum atomic E-state index is -1.24. The summed E-state index contributed by atoms with van der Waals surface area (Å²) in [4.78, 5) is 62.8. The molecule has 5 N–H and O–H groups in total. The molecular formula is C22H20N4O6. The first-order chi connectivity index (χ1) is 15.3. The van der Waals surface area contributed by atoms with Gasteiger partial charge in [0.1, 0.15) is 11.8 Å². The highest BCUT2D eigenvalue weighted by atomic mass is 16.5. The van der Waals surface area contributed by atoms with E-state index < -0.39 is 41.7 Å². The number of fused-ring (bicyclic) bond motifs is 1. The third-order valence-electron chi connectivity index (χ3n) is 5.42. The van der Waals surface area contributed by atoms with E-state index in [0.29, 0.717) is 5.56 Å². The third-order valence-corrected chi connectivity index (χ3v) is 5.42. The van der Waals surface area contributed by atoms with Crippen molar-refractivity contribution in [1.82, 2.24) is 10.2 Å². The van der Waals surface area contributed by atoms with Gasteiger partial charge < -0.3 is 16.2 Å². The van der Waals surface area contributed by atoms with Crippen LogP contribution in [0.2, 0.25) is 0 Å². The van der Waals surface area contributed by atoms with E-state index in [1.165, 1.54) is 18.2 Å². The van der Waals surface area contributed by atoms with Crippen molar-refractivity contribution in [2.45, 2.75) is 31.5 Å². The second-order valence-corrected chi connectivity index (χ2v) is 7.48. The number of nitrogens with two attached hydrogens (primary N) is 2. The molecule has 32 heavy (non-hydrogen) atoms. The molecule has 10 nitrogen and oxygen atoms in total. The number of amides is 5. The number of primary amides is 1. The van der Waals surface area contributed by atoms with Crippen molar-refractivity contribution in [3.05, 3.63) is 64.7 Å². The standard InChI is InChI=1S/C22H20N4O6/c23-10-11-3-1-4-12(9-11)18(19(24)28)32-15-6-2-5-13-17(15)22(31)26(21(13)30)14-7-8-16(27)25-20(14)29/h1-6,9,14,18H,7-8,10,23H2,(H2,24,28)(H,25,27,29). The Hall–Kier alpha value is -4.05. The maximum atomic E-state index is 13.2. The number of imide groups is 2. The Bertz CT molecular complexity index is 1160. The molecule has 1 saturated heterocycles. The Kier molecular flexibility index (Phi) is 5.45. The molecule has 2 unspecified atom stereocenters. The molecule has 4 rings (SSSR count). The number of hydrogen-bond acceptors (Lipinski definition) is 7. The molecule has 0 aliphatic carbocycles. The van der Waals surface area contributed by atoms with E-state index in [4.69, 9.17) is 16.2 Å². The van der Waals surface area contributed by atoms with Crippen LogP contribution in [-0.2, 0) is 20.9 Å². The van der Waals surface area contributed by atoms with Crippen LogP contribution in [0, 0.1) is 0 Å². The summed E-state index contributed by atoms with van der Waals surface area (Å²) in [6.45, 7) is 0.244. The predicted octanol–water partition coefficient (Wildman–Crippen LogP) is 0.152. The van der Waals surface area contributed by atoms with E-state index in [9.17, 15) is 24.0 Å². The van der Waals surface area contributed by atoms with Gasteiger partial charge in [-0.05, 0) is 24.1 Å². The van der Waals surface area contributed by atoms with Crippen molar-refractivity contribution in [2.24, 2.45) is 11.5 Å². The lowest BCUT2D eigenvalue weighted by atomic mass is 10.0. The molecule has 2 aromatic carbocycles. The lowest BCUT2D eigenvalue weighted by Crippen LogP contribution is -2.54. The molecule has 2 aliphatic heterocycles. The molecule has 0 radical (unpaired) electrons. The van der Waals surface area contributed by atoms with Gasteiger partial charge in [-0.25, -0.2) is 0 Å². The first-order valence-electron chi connectivity index (χ1n) is 9.91. The summed E-state index contributed by atoms with van der Waals surface area (Å²) >= 11 is 0. The molecule has 2 heterocycles. The molecule has 5 amide bonds. The van der Waals surface area contributed by atoms with E-state index >= 15 is 0 Å². The summed E-state index contributed by atoms with van der Waals surface area (Å²) in [5.74, 6) is -3.41. The van der Waals surface area contributed by atoms with Crippen LogP contribution in [0.4, 0.5) is 0 Å². The Morgan fingerprint density at radius 2 is 1.88 bits per heavy atom. The van der Waals surface area contributed by atoms with Crippen molar-refractivity contribution in [1.29, 1.82) is 0 Å². The van der Waals surface area contributed by atoms with E-state index in [0.717, 1.165) is 10.5 Å². The van der Waals surface area contributed by atoms with Crippen LogP contribution in [0.1, 0.15) is 50.8 Å². The largest absolute Gasteiger partial charge is 0.475 e. The summed E-state index contributed by atoms with van der Waals surface area (Å²) in [5.41, 5.74) is 12.4. The number of nitrogens with zero attached hydrogens (tertiary/aromatic N) is 1. The van der Waals surface area contributed by atoms with E-state index in [1.54, 1.807) is 24.3 Å². The summed E-state index contributed by atoms with van der Waals surface area (Å²) in [6, 6.07) is 10.1. The molecule has 2 aromatic rings. The third kappa shape index (κ3) is 3.60. The number of benzene rings is 2. The zero-order valence-corrected chi connectivity index (χ0v) is 16.9. The van der Waals surface area contributed by atoms with Crippen LogP contribution in [0.15, 0.2) is 42.5 Å². The van der Waals surface area contributed by atoms with Gasteiger partial charge >= 0.3 is 0 Å². The molecule has 0 aromatic heterocycles. The zero-order chi connectivity index (χ0) is 23.0. The van der Waals surface area contributed by atoms with Crippen molar-refractivity contribution >= 4 is 29.5 Å². The van der Waals surface area contributed by atoms with Gasteiger partial charge in [0.05, 0.1) is 11.1 Å². The van der Waals surface area contributed by atoms with Crippen molar-refractivity contribution in [3.8, 4) is 5.75 Å². The SMILES string of the molecule is NCc1cccc(C(Oc2cccc3c2C(=O)N(C2CCC(=O)NC2=O)C3=O)C(N)=O)c1. The van der Waals surface area contributed by atoms with Crippen molar-refractivity contribution in [3.63, 3.8) is 0 Å². The number of rotatable bonds is 6. The van der Waals surface area contributed by atoms with Crippen molar-refractivity contribution in [2.75, 3.05) is 0 Å². The molecule has 1 fully saturated rings. The fourth-order valence-corrected chi connectivity index (χ4v) is 3.88. The average molecular weight is 436 g/mol. The number of hydrogen-bond donors (Lipinski definition) is 3. The molecule has 2 aliphatic rings. The zero-order valence-electron chi connectivity index (χ0n) is 16.9. The highest BCUT2D eigenvalue weighted by molar-refractivity contribution is 6.24. The highest BCUT2D eigenvalue weighted by Crippen LogP contribution is 2.35. The Morgan fingerprint density at radius 3 is 2.56 bits per heavy atom. The Morgan fingerprint density at radius 1 is 1.12 bits per heavy atom. The molecule has 0 spiro atoms. The number of ether oxygens (including phenoxy) is 1. The predicted molar refractivity (Wildman–Crippen MR) is 110 cm³/mol. The number of piperidine rings is 1. The van der Waals surface area contributed by atoms with Crippen LogP contribution in [-0.4, -0.2) is 40.5 Å². The highest BCUT2D eigenvalue weighted by Gasteiger charge is 2.46. The van der Waals surface area contributed by atoms with E-state index in [-0.39, 0.29) is 36.3 Å². The van der Waals surface area contributed by atoms with Gasteiger partial charge in [-0.2, -0.15) is 0 Å². The van der Waals surface area contributed by atoms with Gasteiger partial charge in [0.2, 0.25) is 17.9 Å². The fraction of sp³-hybridized carbons (Fsp3) is 0.227. The summed E-state index contributed by atoms with van der Waals surface area (Å²) < 4.78 is 5.83. The quantitative estimate of drug-likeness (QED) is 0.543. The fourth-order valence-electron chi connectivity index (χ4n) is 3.88. The van der Waals surface area contributed by atoms with Gasteiger partial charge in [-0.1, -0.05) is 30.3 Å². The Balaban J connectivity index is 1.69. The minimum absolute atomic E-state index is 0.00834. The lowest BCUT2D eigenvalue weighted by Gasteiger charge is -2.27. The molecular weight excluding hydrogens is 416 g/mol. The number of carbonyl (C=O) groups excluding carboxylic acids is 5. The first-order valence-corrected chi connectivity index (χ1v) is 9.91. The van der Waals surface area contributed by atoms with Crippen LogP contribution >= 0.6 is 0 Å². The van der Waals surface area contributed by atoms with E-state index in [1.807, 2.05) is 0 Å². The van der Waals surface area contributed by atoms with E-state index in [2.05, 4.69) is 5.32 Å². The number of nitrogens with one attached hydrogen (secondary N) is 1. The molecule has 164 valence electrons. The lowest BCUT2D eigenvalue weighted by molar-refractivity contribution is -0.136. The summed E-state index contributed by atoms with van der Waals surface area (Å²) in [7, 11) is 0. The van der Waals surface area contributed by atoms with Gasteiger partial charge in [-0.3, -0.25) is 34.2 Å². The molecule has 2 atom stereocenters. The summed E-state index contributed by atoms with van der Waals surface area (Å²) in [5, 5.41) is 2.14. The van der Waals surface area contributed by atoms with Gasteiger partial charge in [0.15, 0.2) is 0 Å². The summed E-state index contributed by atoms with van der Waals surface area (Å²) in [6.07, 6.45) is -1.20. The first kappa shape index (κ1) is 21.2.